The van der Waals surface area contributed by atoms with Crippen LogP contribution in [0.25, 0.3) is 0 Å². The highest BCUT2D eigenvalue weighted by Crippen LogP contribution is 2.36. The summed E-state index contributed by atoms with van der Waals surface area (Å²) in [6.07, 6.45) is 5.63. The third-order valence-electron chi connectivity index (χ3n) is 3.80. The van der Waals surface area contributed by atoms with E-state index in [9.17, 15) is 0 Å². The number of rotatable bonds is 4. The van der Waals surface area contributed by atoms with Gasteiger partial charge in [0, 0.05) is 17.5 Å². The number of hydrogen-bond donors (Lipinski definition) is 1. The molecule has 1 aliphatic heterocycles. The third-order valence-corrected chi connectivity index (χ3v) is 4.02. The van der Waals surface area contributed by atoms with Gasteiger partial charge in [-0.2, -0.15) is 0 Å². The SMILES string of the molecule is NC(CCc1cc(Cl)cc2c1OCC2)C1CC1. The van der Waals surface area contributed by atoms with Gasteiger partial charge in [-0.05, 0) is 54.9 Å². The van der Waals surface area contributed by atoms with E-state index in [4.69, 9.17) is 22.1 Å². The molecule has 3 heteroatoms. The second-order valence-electron chi connectivity index (χ2n) is 5.19. The Morgan fingerprint density at radius 1 is 1.41 bits per heavy atom. The van der Waals surface area contributed by atoms with Gasteiger partial charge in [0.25, 0.3) is 0 Å². The second-order valence-corrected chi connectivity index (χ2v) is 5.63. The summed E-state index contributed by atoms with van der Waals surface area (Å²) in [5.41, 5.74) is 8.63. The molecule has 3 rings (SSSR count). The van der Waals surface area contributed by atoms with Gasteiger partial charge in [-0.15, -0.1) is 0 Å². The number of aryl methyl sites for hydroxylation is 1. The van der Waals surface area contributed by atoms with Gasteiger partial charge < -0.3 is 10.5 Å². The zero-order valence-corrected chi connectivity index (χ0v) is 10.7. The van der Waals surface area contributed by atoms with E-state index in [0.29, 0.717) is 6.04 Å². The molecule has 1 unspecified atom stereocenters. The minimum atomic E-state index is 0.353. The van der Waals surface area contributed by atoms with Crippen LogP contribution in [0.5, 0.6) is 5.75 Å². The first-order valence-electron chi connectivity index (χ1n) is 6.44. The Bertz CT molecular complexity index is 428. The van der Waals surface area contributed by atoms with Crippen molar-refractivity contribution in [2.75, 3.05) is 6.61 Å². The first kappa shape index (κ1) is 11.4. The lowest BCUT2D eigenvalue weighted by Crippen LogP contribution is -2.22. The summed E-state index contributed by atoms with van der Waals surface area (Å²) in [5.74, 6) is 1.83. The monoisotopic (exact) mass is 251 g/mol. The van der Waals surface area contributed by atoms with Crippen molar-refractivity contribution < 1.29 is 4.74 Å². The highest BCUT2D eigenvalue weighted by Gasteiger charge is 2.28. The van der Waals surface area contributed by atoms with Crippen LogP contribution in [0.2, 0.25) is 5.02 Å². The molecule has 1 aromatic rings. The van der Waals surface area contributed by atoms with Crippen molar-refractivity contribution >= 4 is 11.6 Å². The molecule has 0 saturated heterocycles. The van der Waals surface area contributed by atoms with E-state index in [1.54, 1.807) is 0 Å². The highest BCUT2D eigenvalue weighted by molar-refractivity contribution is 6.30. The van der Waals surface area contributed by atoms with Crippen molar-refractivity contribution in [2.24, 2.45) is 11.7 Å². The molecule has 0 aromatic heterocycles. The maximum absolute atomic E-state index is 6.14. The Balaban J connectivity index is 1.73. The number of hydrogen-bond acceptors (Lipinski definition) is 2. The van der Waals surface area contributed by atoms with Crippen LogP contribution in [0.1, 0.15) is 30.4 Å². The van der Waals surface area contributed by atoms with Gasteiger partial charge in [0.15, 0.2) is 0 Å². The van der Waals surface area contributed by atoms with Crippen LogP contribution in [0, 0.1) is 5.92 Å². The number of halogens is 1. The Hall–Kier alpha value is -0.730. The van der Waals surface area contributed by atoms with Crippen molar-refractivity contribution in [3.8, 4) is 5.75 Å². The molecule has 2 nitrogen and oxygen atoms in total. The molecule has 92 valence electrons. The molecule has 1 aliphatic carbocycles. The van der Waals surface area contributed by atoms with Crippen LogP contribution in [0.4, 0.5) is 0 Å². The van der Waals surface area contributed by atoms with Crippen molar-refractivity contribution in [3.63, 3.8) is 0 Å². The fourth-order valence-corrected chi connectivity index (χ4v) is 2.88. The summed E-state index contributed by atoms with van der Waals surface area (Å²) in [4.78, 5) is 0. The normalized spacial score (nSPS) is 19.9. The smallest absolute Gasteiger partial charge is 0.125 e. The number of nitrogens with two attached hydrogens (primary N) is 1. The minimum Gasteiger partial charge on any atom is -0.493 e. The molecule has 0 amide bonds. The number of benzene rings is 1. The van der Waals surface area contributed by atoms with Crippen molar-refractivity contribution in [3.05, 3.63) is 28.3 Å². The van der Waals surface area contributed by atoms with Crippen LogP contribution >= 0.6 is 11.6 Å². The predicted octanol–water partition coefficient (Wildman–Crippen LogP) is 2.94. The molecule has 2 N–H and O–H groups in total. The molecule has 1 aromatic carbocycles. The van der Waals surface area contributed by atoms with Gasteiger partial charge in [0.2, 0.25) is 0 Å². The standard InChI is InChI=1S/C14H18ClNO/c15-12-7-10(3-4-13(16)9-1-2-9)14-11(8-12)5-6-17-14/h7-9,13H,1-6,16H2. The first-order chi connectivity index (χ1) is 8.24. The van der Waals surface area contributed by atoms with Crippen LogP contribution in [0.3, 0.4) is 0 Å². The largest absolute Gasteiger partial charge is 0.493 e. The Morgan fingerprint density at radius 3 is 3.00 bits per heavy atom. The molecule has 2 aliphatic rings. The lowest BCUT2D eigenvalue weighted by Gasteiger charge is -2.12. The average molecular weight is 252 g/mol. The molecule has 0 bridgehead atoms. The Morgan fingerprint density at radius 2 is 2.24 bits per heavy atom. The van der Waals surface area contributed by atoms with Crippen LogP contribution in [-0.2, 0) is 12.8 Å². The number of fused-ring (bicyclic) bond motifs is 1. The first-order valence-corrected chi connectivity index (χ1v) is 6.81. The van der Waals surface area contributed by atoms with E-state index in [1.807, 2.05) is 12.1 Å². The average Bonchev–Trinajstić information content (AvgIpc) is 3.05. The second kappa shape index (κ2) is 4.51. The lowest BCUT2D eigenvalue weighted by molar-refractivity contribution is 0.352. The number of ether oxygens (including phenoxy) is 1. The summed E-state index contributed by atoms with van der Waals surface area (Å²) in [6, 6.07) is 4.41. The minimum absolute atomic E-state index is 0.353. The summed E-state index contributed by atoms with van der Waals surface area (Å²) in [7, 11) is 0. The van der Waals surface area contributed by atoms with Gasteiger partial charge in [-0.25, -0.2) is 0 Å². The van der Waals surface area contributed by atoms with E-state index in [2.05, 4.69) is 0 Å². The fraction of sp³-hybridized carbons (Fsp3) is 0.571. The lowest BCUT2D eigenvalue weighted by atomic mass is 10.00. The molecular weight excluding hydrogens is 234 g/mol. The summed E-state index contributed by atoms with van der Waals surface area (Å²) < 4.78 is 5.69. The van der Waals surface area contributed by atoms with Gasteiger partial charge >= 0.3 is 0 Å². The van der Waals surface area contributed by atoms with Crippen molar-refractivity contribution in [1.29, 1.82) is 0 Å². The van der Waals surface area contributed by atoms with Gasteiger partial charge in [0.1, 0.15) is 5.75 Å². The molecule has 1 saturated carbocycles. The summed E-state index contributed by atoms with van der Waals surface area (Å²) >= 11 is 6.13. The molecule has 1 atom stereocenters. The van der Waals surface area contributed by atoms with Crippen LogP contribution in [0.15, 0.2) is 12.1 Å². The van der Waals surface area contributed by atoms with Gasteiger partial charge in [0.05, 0.1) is 6.61 Å². The zero-order valence-electron chi connectivity index (χ0n) is 9.92. The molecule has 1 heterocycles. The van der Waals surface area contributed by atoms with E-state index < -0.39 is 0 Å². The fourth-order valence-electron chi connectivity index (χ4n) is 2.61. The van der Waals surface area contributed by atoms with Crippen LogP contribution < -0.4 is 10.5 Å². The van der Waals surface area contributed by atoms with E-state index >= 15 is 0 Å². The maximum Gasteiger partial charge on any atom is 0.125 e. The summed E-state index contributed by atoms with van der Waals surface area (Å²) in [6.45, 7) is 0.789. The van der Waals surface area contributed by atoms with Gasteiger partial charge in [-0.3, -0.25) is 0 Å². The predicted molar refractivity (Wildman–Crippen MR) is 69.7 cm³/mol. The van der Waals surface area contributed by atoms with E-state index in [1.165, 1.54) is 24.0 Å². The molecule has 1 fully saturated rings. The Labute approximate surface area is 107 Å². The molecule has 0 radical (unpaired) electrons. The maximum atomic E-state index is 6.14. The van der Waals surface area contributed by atoms with Crippen LogP contribution in [-0.4, -0.2) is 12.6 Å². The molecule has 17 heavy (non-hydrogen) atoms. The van der Waals surface area contributed by atoms with Crippen molar-refractivity contribution in [1.82, 2.24) is 0 Å². The zero-order chi connectivity index (χ0) is 11.8. The van der Waals surface area contributed by atoms with Gasteiger partial charge in [-0.1, -0.05) is 11.6 Å². The third kappa shape index (κ3) is 2.43. The highest BCUT2D eigenvalue weighted by atomic mass is 35.5. The molecule has 0 spiro atoms. The van der Waals surface area contributed by atoms with E-state index in [-0.39, 0.29) is 0 Å². The summed E-state index contributed by atoms with van der Waals surface area (Å²) in [5, 5.41) is 0.823. The molecular formula is C14H18ClNO. The Kier molecular flexibility index (Phi) is 3.01. The van der Waals surface area contributed by atoms with Crippen molar-refractivity contribution in [2.45, 2.75) is 38.1 Å². The quantitative estimate of drug-likeness (QED) is 0.893. The topological polar surface area (TPSA) is 35.2 Å². The van der Waals surface area contributed by atoms with E-state index in [0.717, 1.165) is 42.6 Å².